The second-order valence-corrected chi connectivity index (χ2v) is 5.40. The number of nitriles is 1. The van der Waals surface area contributed by atoms with Crippen molar-refractivity contribution in [1.82, 2.24) is 0 Å². The van der Waals surface area contributed by atoms with Gasteiger partial charge in [-0.05, 0) is 66.8 Å². The Kier molecular flexibility index (Phi) is 4.23. The summed E-state index contributed by atoms with van der Waals surface area (Å²) < 4.78 is 0. The molecule has 2 aromatic carbocycles. The van der Waals surface area contributed by atoms with E-state index in [1.807, 2.05) is 58.0 Å². The zero-order valence-electron chi connectivity index (χ0n) is 12.9. The van der Waals surface area contributed by atoms with E-state index in [0.29, 0.717) is 12.0 Å². The van der Waals surface area contributed by atoms with Crippen molar-refractivity contribution in [2.24, 2.45) is 0 Å². The van der Waals surface area contributed by atoms with Gasteiger partial charge in [0.25, 0.3) is 0 Å². The Morgan fingerprint density at radius 1 is 1.05 bits per heavy atom. The van der Waals surface area contributed by atoms with E-state index in [1.54, 1.807) is 0 Å². The minimum Gasteiger partial charge on any atom is -0.294 e. The van der Waals surface area contributed by atoms with Crippen LogP contribution in [0.4, 0.5) is 0 Å². The molecule has 0 aliphatic carbocycles. The Morgan fingerprint density at radius 3 is 2.14 bits per heavy atom. The summed E-state index contributed by atoms with van der Waals surface area (Å²) in [6.45, 7) is 7.89. The summed E-state index contributed by atoms with van der Waals surface area (Å²) in [7, 11) is 0. The van der Waals surface area contributed by atoms with Crippen molar-refractivity contribution in [2.75, 3.05) is 0 Å². The van der Waals surface area contributed by atoms with Gasteiger partial charge in [-0.25, -0.2) is 0 Å². The van der Waals surface area contributed by atoms with E-state index >= 15 is 0 Å². The third-order valence-corrected chi connectivity index (χ3v) is 3.81. The van der Waals surface area contributed by atoms with E-state index in [0.717, 1.165) is 33.4 Å². The number of nitrogens with zero attached hydrogens (tertiary/aromatic N) is 1. The molecule has 0 aliphatic rings. The van der Waals surface area contributed by atoms with Gasteiger partial charge in [0.15, 0.2) is 5.78 Å². The molecule has 21 heavy (non-hydrogen) atoms. The van der Waals surface area contributed by atoms with Gasteiger partial charge in [0.05, 0.1) is 11.6 Å². The molecule has 2 heteroatoms. The van der Waals surface area contributed by atoms with Crippen molar-refractivity contribution >= 4 is 5.78 Å². The lowest BCUT2D eigenvalue weighted by molar-refractivity contribution is 0.0988. The minimum atomic E-state index is 0.170. The molecule has 0 saturated carbocycles. The van der Waals surface area contributed by atoms with Crippen molar-refractivity contribution in [3.05, 3.63) is 58.1 Å². The SMILES string of the molecule is CCC(=O)c1cc(C)c(-c2ccc(C#N)c(C)c2)c(C)c1. The first kappa shape index (κ1) is 15.0. The van der Waals surface area contributed by atoms with E-state index < -0.39 is 0 Å². The first-order valence-electron chi connectivity index (χ1n) is 7.13. The summed E-state index contributed by atoms with van der Waals surface area (Å²) >= 11 is 0. The molecule has 2 aromatic rings. The topological polar surface area (TPSA) is 40.9 Å². The Hall–Kier alpha value is -2.40. The highest BCUT2D eigenvalue weighted by Crippen LogP contribution is 2.30. The lowest BCUT2D eigenvalue weighted by Crippen LogP contribution is -2.00. The maximum atomic E-state index is 11.9. The van der Waals surface area contributed by atoms with E-state index in [9.17, 15) is 4.79 Å². The van der Waals surface area contributed by atoms with E-state index in [2.05, 4.69) is 6.07 Å². The molecule has 0 atom stereocenters. The first-order valence-corrected chi connectivity index (χ1v) is 7.13. The average Bonchev–Trinajstić information content (AvgIpc) is 2.45. The van der Waals surface area contributed by atoms with Crippen LogP contribution in [-0.4, -0.2) is 5.78 Å². The monoisotopic (exact) mass is 277 g/mol. The molecular weight excluding hydrogens is 258 g/mol. The van der Waals surface area contributed by atoms with Gasteiger partial charge in [0.2, 0.25) is 0 Å². The second kappa shape index (κ2) is 5.93. The molecule has 0 unspecified atom stereocenters. The Morgan fingerprint density at radius 2 is 1.67 bits per heavy atom. The highest BCUT2D eigenvalue weighted by molar-refractivity contribution is 5.97. The van der Waals surface area contributed by atoms with Gasteiger partial charge in [-0.3, -0.25) is 4.79 Å². The normalized spacial score (nSPS) is 10.2. The van der Waals surface area contributed by atoms with Crippen LogP contribution in [-0.2, 0) is 0 Å². The number of rotatable bonds is 3. The van der Waals surface area contributed by atoms with Gasteiger partial charge in [0.1, 0.15) is 0 Å². The number of hydrogen-bond acceptors (Lipinski definition) is 2. The summed E-state index contributed by atoms with van der Waals surface area (Å²) in [6, 6.07) is 12.0. The molecule has 0 radical (unpaired) electrons. The van der Waals surface area contributed by atoms with Crippen LogP contribution in [0.15, 0.2) is 30.3 Å². The smallest absolute Gasteiger partial charge is 0.162 e. The summed E-state index contributed by atoms with van der Waals surface area (Å²) in [5.74, 6) is 0.170. The first-order chi connectivity index (χ1) is 9.97. The van der Waals surface area contributed by atoms with E-state index in [-0.39, 0.29) is 5.78 Å². The predicted molar refractivity (Wildman–Crippen MR) is 85.4 cm³/mol. The summed E-state index contributed by atoms with van der Waals surface area (Å²) in [5.41, 5.74) is 6.88. The van der Waals surface area contributed by atoms with Crippen LogP contribution < -0.4 is 0 Å². The quantitative estimate of drug-likeness (QED) is 0.760. The number of benzene rings is 2. The standard InChI is InChI=1S/C19H19NO/c1-5-18(21)17-9-13(3)19(14(4)10-17)15-6-7-16(11-20)12(2)8-15/h6-10H,5H2,1-4H3. The molecule has 0 fully saturated rings. The van der Waals surface area contributed by atoms with Crippen LogP contribution in [0.5, 0.6) is 0 Å². The van der Waals surface area contributed by atoms with Crippen LogP contribution >= 0.6 is 0 Å². The molecule has 0 amide bonds. The van der Waals surface area contributed by atoms with Gasteiger partial charge in [-0.1, -0.05) is 19.1 Å². The van der Waals surface area contributed by atoms with Crippen molar-refractivity contribution in [3.8, 4) is 17.2 Å². The number of aryl methyl sites for hydroxylation is 3. The van der Waals surface area contributed by atoms with E-state index in [1.165, 1.54) is 0 Å². The molecule has 2 nitrogen and oxygen atoms in total. The Labute approximate surface area is 126 Å². The van der Waals surface area contributed by atoms with Crippen molar-refractivity contribution in [1.29, 1.82) is 5.26 Å². The molecule has 0 spiro atoms. The minimum absolute atomic E-state index is 0.170. The van der Waals surface area contributed by atoms with Gasteiger partial charge in [0, 0.05) is 12.0 Å². The fourth-order valence-electron chi connectivity index (χ4n) is 2.73. The molecule has 0 aliphatic heterocycles. The number of Topliss-reactive ketones (excluding diaryl/α,β-unsaturated/α-hetero) is 1. The third-order valence-electron chi connectivity index (χ3n) is 3.81. The average molecular weight is 277 g/mol. The molecule has 0 bridgehead atoms. The Bertz CT molecular complexity index is 728. The lowest BCUT2D eigenvalue weighted by atomic mass is 9.91. The second-order valence-electron chi connectivity index (χ2n) is 5.40. The highest BCUT2D eigenvalue weighted by Gasteiger charge is 2.12. The molecule has 106 valence electrons. The lowest BCUT2D eigenvalue weighted by Gasteiger charge is -2.13. The summed E-state index contributed by atoms with van der Waals surface area (Å²) in [5, 5.41) is 9.03. The molecule has 0 saturated heterocycles. The number of carbonyl (C=O) groups excluding carboxylic acids is 1. The van der Waals surface area contributed by atoms with Crippen molar-refractivity contribution in [2.45, 2.75) is 34.1 Å². The maximum Gasteiger partial charge on any atom is 0.162 e. The molecule has 0 aromatic heterocycles. The predicted octanol–water partition coefficient (Wildman–Crippen LogP) is 4.74. The highest BCUT2D eigenvalue weighted by atomic mass is 16.1. The van der Waals surface area contributed by atoms with Crippen LogP contribution in [0, 0.1) is 32.1 Å². The molecule has 0 N–H and O–H groups in total. The third kappa shape index (κ3) is 2.87. The van der Waals surface area contributed by atoms with Crippen LogP contribution in [0.2, 0.25) is 0 Å². The largest absolute Gasteiger partial charge is 0.294 e. The van der Waals surface area contributed by atoms with Crippen molar-refractivity contribution in [3.63, 3.8) is 0 Å². The van der Waals surface area contributed by atoms with Gasteiger partial charge in [-0.2, -0.15) is 5.26 Å². The van der Waals surface area contributed by atoms with Gasteiger partial charge < -0.3 is 0 Å². The zero-order valence-corrected chi connectivity index (χ0v) is 12.9. The number of hydrogen-bond donors (Lipinski definition) is 0. The zero-order chi connectivity index (χ0) is 15.6. The fraction of sp³-hybridized carbons (Fsp3) is 0.263. The molecule has 2 rings (SSSR count). The summed E-state index contributed by atoms with van der Waals surface area (Å²) in [4.78, 5) is 11.9. The fourth-order valence-corrected chi connectivity index (χ4v) is 2.73. The van der Waals surface area contributed by atoms with Crippen LogP contribution in [0.3, 0.4) is 0 Å². The van der Waals surface area contributed by atoms with Gasteiger partial charge in [-0.15, -0.1) is 0 Å². The van der Waals surface area contributed by atoms with Gasteiger partial charge >= 0.3 is 0 Å². The maximum absolute atomic E-state index is 11.9. The number of carbonyl (C=O) groups is 1. The summed E-state index contributed by atoms with van der Waals surface area (Å²) in [6.07, 6.45) is 0.522. The molecule has 0 heterocycles. The van der Waals surface area contributed by atoms with E-state index in [4.69, 9.17) is 5.26 Å². The molecular formula is C19H19NO. The van der Waals surface area contributed by atoms with Crippen LogP contribution in [0.1, 0.15) is 46.0 Å². The Balaban J connectivity index is 2.58. The van der Waals surface area contributed by atoms with Crippen LogP contribution in [0.25, 0.3) is 11.1 Å². The van der Waals surface area contributed by atoms with Crippen molar-refractivity contribution < 1.29 is 4.79 Å². The number of ketones is 1.